The zero-order valence-electron chi connectivity index (χ0n) is 8.63. The fourth-order valence-electron chi connectivity index (χ4n) is 0.142. The molecular weight excluding hydrogens is 148 g/mol. The van der Waals surface area contributed by atoms with Crippen LogP contribution in [0.25, 0.3) is 0 Å². The number of hydrogen-bond donors (Lipinski definition) is 0. The zero-order chi connectivity index (χ0) is 10.6. The highest BCUT2D eigenvalue weighted by Gasteiger charge is 1.69. The molecule has 0 aliphatic heterocycles. The highest BCUT2D eigenvalue weighted by atomic mass is 16.5. The van der Waals surface area contributed by atoms with Gasteiger partial charge in [0.25, 0.3) is 0 Å². The van der Waals surface area contributed by atoms with Crippen LogP contribution in [0.4, 0.5) is 0 Å². The fraction of sp³-hybridized carbons (Fsp3) is 0.455. The van der Waals surface area contributed by atoms with Crippen molar-refractivity contribution in [2.45, 2.75) is 27.7 Å². The maximum atomic E-state index is 4.61. The van der Waals surface area contributed by atoms with Crippen molar-refractivity contribution < 1.29 is 4.74 Å². The minimum absolute atomic E-state index is 0.671. The summed E-state index contributed by atoms with van der Waals surface area (Å²) in [6.07, 6.45) is 9.35. The normalized spacial score (nSPS) is 6.58. The van der Waals surface area contributed by atoms with E-state index in [-0.39, 0.29) is 0 Å². The molecule has 0 aromatic heterocycles. The fourth-order valence-corrected chi connectivity index (χ4v) is 0.142. The van der Waals surface area contributed by atoms with Crippen LogP contribution >= 0.6 is 0 Å². The smallest absolute Gasteiger partial charge is 0.0929 e. The van der Waals surface area contributed by atoms with Gasteiger partial charge < -0.3 is 4.74 Å². The van der Waals surface area contributed by atoms with Crippen molar-refractivity contribution in [1.29, 1.82) is 0 Å². The Balaban J connectivity index is -0.000000118. The zero-order valence-corrected chi connectivity index (χ0v) is 8.63. The molecule has 0 heterocycles. The van der Waals surface area contributed by atoms with Gasteiger partial charge in [-0.25, -0.2) is 0 Å². The molecule has 0 N–H and O–H groups in total. The van der Waals surface area contributed by atoms with Crippen molar-refractivity contribution >= 4 is 0 Å². The van der Waals surface area contributed by atoms with E-state index in [1.54, 1.807) is 6.92 Å². The van der Waals surface area contributed by atoms with E-state index in [0.29, 0.717) is 5.76 Å². The van der Waals surface area contributed by atoms with Crippen LogP contribution in [0.15, 0.2) is 25.2 Å². The Hall–Kier alpha value is -1.16. The second kappa shape index (κ2) is 16.4. The second-order valence-electron chi connectivity index (χ2n) is 2.72. The van der Waals surface area contributed by atoms with Crippen molar-refractivity contribution in [2.24, 2.45) is 5.92 Å². The Bertz CT molecular complexity index is 117. The van der Waals surface area contributed by atoms with E-state index in [0.717, 1.165) is 5.92 Å². The van der Waals surface area contributed by atoms with Gasteiger partial charge in [0.2, 0.25) is 0 Å². The average molecular weight is 168 g/mol. The van der Waals surface area contributed by atoms with Crippen LogP contribution in [0.2, 0.25) is 0 Å². The molecule has 1 heteroatoms. The van der Waals surface area contributed by atoms with Crippen molar-refractivity contribution in [1.82, 2.24) is 0 Å². The van der Waals surface area contributed by atoms with E-state index in [4.69, 9.17) is 0 Å². The average Bonchev–Trinajstić information content (AvgIpc) is 1.90. The van der Waals surface area contributed by atoms with Crippen LogP contribution in [0.3, 0.4) is 0 Å². The van der Waals surface area contributed by atoms with E-state index in [1.165, 1.54) is 6.26 Å². The summed E-state index contributed by atoms with van der Waals surface area (Å²) in [6, 6.07) is 0. The molecule has 70 valence electrons. The van der Waals surface area contributed by atoms with E-state index in [1.807, 2.05) is 0 Å². The third-order valence-electron chi connectivity index (χ3n) is 0.285. The van der Waals surface area contributed by atoms with Gasteiger partial charge >= 0.3 is 0 Å². The lowest BCUT2D eigenvalue weighted by molar-refractivity contribution is 0.357. The van der Waals surface area contributed by atoms with Gasteiger partial charge in [-0.05, 0) is 12.8 Å². The number of ether oxygens (including phenoxy) is 1. The van der Waals surface area contributed by atoms with Crippen molar-refractivity contribution in [3.63, 3.8) is 0 Å². The first kappa shape index (κ1) is 17.1. The van der Waals surface area contributed by atoms with Crippen LogP contribution in [-0.4, -0.2) is 0 Å². The Morgan fingerprint density at radius 3 is 1.58 bits per heavy atom. The highest BCUT2D eigenvalue weighted by molar-refractivity contribution is 4.76. The topological polar surface area (TPSA) is 9.23 Å². The number of terminal acetylenes is 1. The van der Waals surface area contributed by atoms with Gasteiger partial charge in [-0.15, -0.1) is 12.8 Å². The third kappa shape index (κ3) is 160. The molecule has 1 nitrogen and oxygen atoms in total. The molecular formula is C11H20O. The van der Waals surface area contributed by atoms with Crippen LogP contribution in [0, 0.1) is 18.8 Å². The van der Waals surface area contributed by atoms with Gasteiger partial charge in [0.1, 0.15) is 0 Å². The maximum absolute atomic E-state index is 4.61. The lowest BCUT2D eigenvalue weighted by atomic mass is 10.3. The minimum atomic E-state index is 0.671. The Morgan fingerprint density at radius 1 is 1.33 bits per heavy atom. The Kier molecular flexibility index (Phi) is 23.4. The molecule has 0 bridgehead atoms. The summed E-state index contributed by atoms with van der Waals surface area (Å²) in [4.78, 5) is 0. The first-order chi connectivity index (χ1) is 5.50. The molecule has 0 atom stereocenters. The summed E-state index contributed by atoms with van der Waals surface area (Å²) in [5, 5.41) is 0. The standard InChI is InChI=1S/C5H8O.C4H10.C2H2/c1-4-6-5(2)3;1-4(2)3;1-2/h4H,1-2H2,3H3;4H,1-3H3;1-2H. The van der Waals surface area contributed by atoms with Gasteiger partial charge in [0.15, 0.2) is 0 Å². The molecule has 0 saturated carbocycles. The summed E-state index contributed by atoms with van der Waals surface area (Å²) >= 11 is 0. The summed E-state index contributed by atoms with van der Waals surface area (Å²) in [5.74, 6) is 1.50. The van der Waals surface area contributed by atoms with Crippen molar-refractivity contribution in [2.75, 3.05) is 0 Å². The predicted octanol–water partition coefficient (Wildman–Crippen LogP) is 3.59. The third-order valence-corrected chi connectivity index (χ3v) is 0.285. The van der Waals surface area contributed by atoms with Crippen molar-refractivity contribution in [3.8, 4) is 12.8 Å². The van der Waals surface area contributed by atoms with Crippen molar-refractivity contribution in [3.05, 3.63) is 25.2 Å². The summed E-state index contributed by atoms with van der Waals surface area (Å²) < 4.78 is 4.61. The molecule has 0 saturated heterocycles. The molecule has 0 aromatic rings. The molecule has 12 heavy (non-hydrogen) atoms. The molecule has 0 fully saturated rings. The molecule has 0 rings (SSSR count). The van der Waals surface area contributed by atoms with Gasteiger partial charge in [0, 0.05) is 0 Å². The van der Waals surface area contributed by atoms with Gasteiger partial charge in [0.05, 0.1) is 12.0 Å². The summed E-state index contributed by atoms with van der Waals surface area (Å²) in [6.45, 7) is 15.0. The van der Waals surface area contributed by atoms with E-state index in [2.05, 4.69) is 51.5 Å². The number of allylic oxidation sites excluding steroid dienone is 1. The number of rotatable bonds is 2. The molecule has 0 aromatic carbocycles. The van der Waals surface area contributed by atoms with E-state index in [9.17, 15) is 0 Å². The Labute approximate surface area is 77.1 Å². The van der Waals surface area contributed by atoms with Gasteiger partial charge in [-0.3, -0.25) is 0 Å². The quantitative estimate of drug-likeness (QED) is 0.452. The highest BCUT2D eigenvalue weighted by Crippen LogP contribution is 1.86. The predicted molar refractivity (Wildman–Crippen MR) is 56.5 cm³/mol. The first-order valence-corrected chi connectivity index (χ1v) is 3.77. The van der Waals surface area contributed by atoms with Crippen LogP contribution in [0.5, 0.6) is 0 Å². The van der Waals surface area contributed by atoms with Gasteiger partial charge in [-0.2, -0.15) is 0 Å². The monoisotopic (exact) mass is 168 g/mol. The minimum Gasteiger partial charge on any atom is -0.471 e. The SMILES string of the molecule is C#C.C=COC(=C)C.CC(C)C. The molecule has 0 aliphatic rings. The van der Waals surface area contributed by atoms with Crippen LogP contribution < -0.4 is 0 Å². The van der Waals surface area contributed by atoms with Crippen LogP contribution in [0.1, 0.15) is 27.7 Å². The van der Waals surface area contributed by atoms with Gasteiger partial charge in [-0.1, -0.05) is 33.9 Å². The van der Waals surface area contributed by atoms with Crippen LogP contribution in [-0.2, 0) is 4.74 Å². The number of hydrogen-bond acceptors (Lipinski definition) is 1. The van der Waals surface area contributed by atoms with E-state index >= 15 is 0 Å². The van der Waals surface area contributed by atoms with E-state index < -0.39 is 0 Å². The Morgan fingerprint density at radius 2 is 1.58 bits per heavy atom. The lowest BCUT2D eigenvalue weighted by Crippen LogP contribution is -1.68. The molecule has 0 spiro atoms. The molecule has 0 radical (unpaired) electrons. The second-order valence-corrected chi connectivity index (χ2v) is 2.72. The molecule has 0 aliphatic carbocycles. The lowest BCUT2D eigenvalue weighted by Gasteiger charge is -1.90. The largest absolute Gasteiger partial charge is 0.471 e. The molecule has 0 amide bonds. The molecule has 0 unspecified atom stereocenters. The summed E-state index contributed by atoms with van der Waals surface area (Å²) in [5.41, 5.74) is 0. The first-order valence-electron chi connectivity index (χ1n) is 3.77. The summed E-state index contributed by atoms with van der Waals surface area (Å²) in [7, 11) is 0. The maximum Gasteiger partial charge on any atom is 0.0929 e.